The predicted molar refractivity (Wildman–Crippen MR) is 63.5 cm³/mol. The summed E-state index contributed by atoms with van der Waals surface area (Å²) in [6.45, 7) is 6.02. The molecule has 0 spiro atoms. The summed E-state index contributed by atoms with van der Waals surface area (Å²) in [5.74, 6) is 0.708. The average molecular weight is 267 g/mol. The Balaban J connectivity index is 2.35. The van der Waals surface area contributed by atoms with Crippen LogP contribution in [0.4, 0.5) is 0 Å². The second kappa shape index (κ2) is 4.11. The maximum absolute atomic E-state index is 5.41. The lowest BCUT2D eigenvalue weighted by Crippen LogP contribution is -1.87. The maximum Gasteiger partial charge on any atom is 0.134 e. The number of benzene rings is 1. The largest absolute Gasteiger partial charge is 0.494 e. The third-order valence-corrected chi connectivity index (χ3v) is 2.58. The molecule has 0 amide bonds. The Bertz CT molecular complexity index is 499. The van der Waals surface area contributed by atoms with Crippen molar-refractivity contribution in [3.05, 3.63) is 46.8 Å². The van der Waals surface area contributed by atoms with Crippen LogP contribution in [0.15, 0.2) is 45.7 Å². The van der Waals surface area contributed by atoms with Crippen LogP contribution in [0.5, 0.6) is 0 Å². The van der Waals surface area contributed by atoms with Gasteiger partial charge in [0.1, 0.15) is 12.2 Å². The molecule has 15 heavy (non-hydrogen) atoms. The number of ether oxygens (including phenoxy) is 1. The summed E-state index contributed by atoms with van der Waals surface area (Å²) < 4.78 is 11.8. The van der Waals surface area contributed by atoms with Crippen LogP contribution >= 0.6 is 15.9 Å². The van der Waals surface area contributed by atoms with E-state index < -0.39 is 0 Å². The summed E-state index contributed by atoms with van der Waals surface area (Å²) in [5, 5.41) is 1.07. The van der Waals surface area contributed by atoms with Crippen LogP contribution in [0.3, 0.4) is 0 Å². The van der Waals surface area contributed by atoms with Crippen LogP contribution in [-0.2, 0) is 11.3 Å². The Morgan fingerprint density at radius 2 is 2.33 bits per heavy atom. The number of rotatable bonds is 3. The van der Waals surface area contributed by atoms with Crippen LogP contribution in [0, 0.1) is 0 Å². The normalized spacial score (nSPS) is 10.5. The number of fused-ring (bicyclic) bond motifs is 1. The van der Waals surface area contributed by atoms with Gasteiger partial charge in [-0.25, -0.2) is 0 Å². The lowest BCUT2D eigenvalue weighted by molar-refractivity contribution is 0.202. The van der Waals surface area contributed by atoms with E-state index in [-0.39, 0.29) is 0 Å². The predicted octanol–water partition coefficient (Wildman–Crippen LogP) is 4.25. The lowest BCUT2D eigenvalue weighted by atomic mass is 10.2. The van der Waals surface area contributed by atoms with E-state index in [9.17, 15) is 0 Å². The molecule has 0 fully saturated rings. The molecule has 0 aliphatic rings. The van der Waals surface area contributed by atoms with Gasteiger partial charge in [-0.3, -0.25) is 0 Å². The average Bonchev–Trinajstić information content (AvgIpc) is 2.57. The lowest BCUT2D eigenvalue weighted by Gasteiger charge is -2.02. The van der Waals surface area contributed by atoms with E-state index in [4.69, 9.17) is 9.15 Å². The van der Waals surface area contributed by atoms with Crippen molar-refractivity contribution in [2.24, 2.45) is 0 Å². The molecule has 2 aromatic rings. The van der Waals surface area contributed by atoms with Gasteiger partial charge < -0.3 is 9.15 Å². The Kier molecular flexibility index (Phi) is 2.82. The van der Waals surface area contributed by atoms with Gasteiger partial charge in [-0.1, -0.05) is 22.5 Å². The molecule has 0 radical (unpaired) electrons. The minimum absolute atomic E-state index is 0.499. The molecule has 0 N–H and O–H groups in total. The van der Waals surface area contributed by atoms with E-state index >= 15 is 0 Å². The van der Waals surface area contributed by atoms with Crippen molar-refractivity contribution in [2.75, 3.05) is 0 Å². The van der Waals surface area contributed by atoms with Crippen LogP contribution in [0.1, 0.15) is 12.5 Å². The van der Waals surface area contributed by atoms with E-state index in [0.29, 0.717) is 12.4 Å². The quantitative estimate of drug-likeness (QED) is 0.776. The molecule has 0 unspecified atom stereocenters. The summed E-state index contributed by atoms with van der Waals surface area (Å²) in [5.41, 5.74) is 1.91. The summed E-state index contributed by atoms with van der Waals surface area (Å²) in [4.78, 5) is 0. The van der Waals surface area contributed by atoms with Crippen molar-refractivity contribution in [1.29, 1.82) is 0 Å². The fourth-order valence-electron chi connectivity index (χ4n) is 1.37. The van der Waals surface area contributed by atoms with Crippen molar-refractivity contribution in [3.63, 3.8) is 0 Å². The molecule has 2 nitrogen and oxygen atoms in total. The van der Waals surface area contributed by atoms with Crippen LogP contribution in [-0.4, -0.2) is 0 Å². The van der Waals surface area contributed by atoms with Crippen LogP contribution < -0.4 is 0 Å². The molecule has 78 valence electrons. The Hall–Kier alpha value is -1.22. The smallest absolute Gasteiger partial charge is 0.134 e. The first-order valence-electron chi connectivity index (χ1n) is 4.61. The van der Waals surface area contributed by atoms with Gasteiger partial charge in [0.25, 0.3) is 0 Å². The van der Waals surface area contributed by atoms with Crippen molar-refractivity contribution < 1.29 is 9.15 Å². The highest BCUT2D eigenvalue weighted by molar-refractivity contribution is 9.10. The minimum atomic E-state index is 0.499. The standard InChI is InChI=1S/C12H11BrO2/c1-8(2)14-6-9-7-15-12-4-3-10(13)5-11(9)12/h3-5,7H,1,6H2,2H3. The molecule has 1 heterocycles. The molecule has 0 bridgehead atoms. The zero-order valence-corrected chi connectivity index (χ0v) is 10.0. The molecule has 2 rings (SSSR count). The van der Waals surface area contributed by atoms with Gasteiger partial charge in [-0.2, -0.15) is 0 Å². The zero-order chi connectivity index (χ0) is 10.8. The van der Waals surface area contributed by atoms with Gasteiger partial charge in [0.15, 0.2) is 0 Å². The fraction of sp³-hybridized carbons (Fsp3) is 0.167. The highest BCUT2D eigenvalue weighted by Crippen LogP contribution is 2.25. The van der Waals surface area contributed by atoms with Crippen LogP contribution in [0.2, 0.25) is 0 Å². The molecule has 1 aromatic heterocycles. The van der Waals surface area contributed by atoms with Crippen molar-refractivity contribution in [3.8, 4) is 0 Å². The number of furan rings is 1. The van der Waals surface area contributed by atoms with Crippen molar-refractivity contribution >= 4 is 26.9 Å². The van der Waals surface area contributed by atoms with Gasteiger partial charge in [-0.05, 0) is 25.1 Å². The molecule has 1 aromatic carbocycles. The maximum atomic E-state index is 5.41. The number of halogens is 1. The SMILES string of the molecule is C=C(C)OCc1coc2ccc(Br)cc12. The summed E-state index contributed by atoms with van der Waals surface area (Å²) in [6.07, 6.45) is 1.72. The monoisotopic (exact) mass is 266 g/mol. The fourth-order valence-corrected chi connectivity index (χ4v) is 1.73. The van der Waals surface area contributed by atoms with Crippen molar-refractivity contribution in [2.45, 2.75) is 13.5 Å². The molecule has 0 saturated carbocycles. The molecule has 0 saturated heterocycles. The highest BCUT2D eigenvalue weighted by atomic mass is 79.9. The molecule has 0 aliphatic heterocycles. The summed E-state index contributed by atoms with van der Waals surface area (Å²) in [7, 11) is 0. The van der Waals surface area contributed by atoms with Gasteiger partial charge >= 0.3 is 0 Å². The van der Waals surface area contributed by atoms with Gasteiger partial charge in [0, 0.05) is 15.4 Å². The topological polar surface area (TPSA) is 22.4 Å². The Labute approximate surface area is 96.7 Å². The minimum Gasteiger partial charge on any atom is -0.494 e. The van der Waals surface area contributed by atoms with Gasteiger partial charge in [0.05, 0.1) is 12.0 Å². The van der Waals surface area contributed by atoms with E-state index in [0.717, 1.165) is 21.0 Å². The van der Waals surface area contributed by atoms with E-state index in [1.807, 2.05) is 25.1 Å². The van der Waals surface area contributed by atoms with Gasteiger partial charge in [-0.15, -0.1) is 0 Å². The first kappa shape index (κ1) is 10.3. The molecular weight excluding hydrogens is 256 g/mol. The number of hydrogen-bond donors (Lipinski definition) is 0. The first-order chi connectivity index (χ1) is 7.16. The second-order valence-electron chi connectivity index (χ2n) is 3.39. The summed E-state index contributed by atoms with van der Waals surface area (Å²) in [6, 6.07) is 5.91. The number of allylic oxidation sites excluding steroid dienone is 1. The third-order valence-electron chi connectivity index (χ3n) is 2.09. The first-order valence-corrected chi connectivity index (χ1v) is 5.40. The summed E-state index contributed by atoms with van der Waals surface area (Å²) >= 11 is 3.43. The second-order valence-corrected chi connectivity index (χ2v) is 4.31. The number of hydrogen-bond acceptors (Lipinski definition) is 2. The Morgan fingerprint density at radius 3 is 3.07 bits per heavy atom. The van der Waals surface area contributed by atoms with Crippen molar-refractivity contribution in [1.82, 2.24) is 0 Å². The highest BCUT2D eigenvalue weighted by Gasteiger charge is 2.06. The molecule has 0 atom stereocenters. The van der Waals surface area contributed by atoms with E-state index in [1.54, 1.807) is 6.26 Å². The zero-order valence-electron chi connectivity index (χ0n) is 8.42. The van der Waals surface area contributed by atoms with Gasteiger partial charge in [0.2, 0.25) is 0 Å². The van der Waals surface area contributed by atoms with Crippen LogP contribution in [0.25, 0.3) is 11.0 Å². The van der Waals surface area contributed by atoms with E-state index in [2.05, 4.69) is 22.5 Å². The molecule has 3 heteroatoms. The van der Waals surface area contributed by atoms with E-state index in [1.165, 1.54) is 0 Å². The molecule has 0 aliphatic carbocycles. The Morgan fingerprint density at radius 1 is 1.53 bits per heavy atom. The third kappa shape index (κ3) is 2.23. The molecular formula is C12H11BrO2.